The Hall–Kier alpha value is -1.58. The zero-order valence-electron chi connectivity index (χ0n) is 9.82. The third-order valence-corrected chi connectivity index (χ3v) is 1.69. The average Bonchev–Trinajstić information content (AvgIpc) is 2.14. The summed E-state index contributed by atoms with van der Waals surface area (Å²) in [5.41, 5.74) is 0. The third-order valence-electron chi connectivity index (χ3n) is 1.69. The molecule has 0 radical (unpaired) electrons. The first-order valence-electron chi connectivity index (χ1n) is 5.21. The molecule has 0 unspecified atom stereocenters. The Labute approximate surface area is 95.9 Å². The third kappa shape index (κ3) is 10.5. The number of ether oxygens (including phenoxy) is 2. The van der Waals surface area contributed by atoms with Crippen molar-refractivity contribution in [3.63, 3.8) is 0 Å². The lowest BCUT2D eigenvalue weighted by molar-refractivity contribution is -0.137. The number of hydrogen-bond acceptors (Lipinski definition) is 4. The predicted molar refractivity (Wildman–Crippen MR) is 60.3 cm³/mol. The number of rotatable bonds is 7. The number of hydrogen-bond donors (Lipinski definition) is 0. The zero-order chi connectivity index (χ0) is 12.4. The van der Waals surface area contributed by atoms with E-state index >= 15 is 0 Å². The molecule has 0 aliphatic rings. The Bertz CT molecular complexity index is 279. The molecule has 0 spiro atoms. The summed E-state index contributed by atoms with van der Waals surface area (Å²) in [6.45, 7) is 6.33. The van der Waals surface area contributed by atoms with E-state index in [1.54, 1.807) is 6.08 Å². The van der Waals surface area contributed by atoms with Crippen molar-refractivity contribution in [2.24, 2.45) is 0 Å². The van der Waals surface area contributed by atoms with Gasteiger partial charge in [-0.2, -0.15) is 0 Å². The van der Waals surface area contributed by atoms with Gasteiger partial charge in [0, 0.05) is 20.3 Å². The molecule has 0 heterocycles. The van der Waals surface area contributed by atoms with Crippen LogP contribution in [0.1, 0.15) is 39.5 Å². The molecule has 0 bridgehead atoms. The van der Waals surface area contributed by atoms with Gasteiger partial charge in [0.05, 0.1) is 6.26 Å². The van der Waals surface area contributed by atoms with Crippen molar-refractivity contribution in [3.05, 3.63) is 24.7 Å². The van der Waals surface area contributed by atoms with Crippen LogP contribution in [0.3, 0.4) is 0 Å². The van der Waals surface area contributed by atoms with E-state index in [9.17, 15) is 9.59 Å². The van der Waals surface area contributed by atoms with E-state index in [-0.39, 0.29) is 11.9 Å². The molecule has 4 heteroatoms. The van der Waals surface area contributed by atoms with Crippen molar-refractivity contribution in [2.75, 3.05) is 0 Å². The largest absolute Gasteiger partial charge is 0.435 e. The molecule has 0 aromatic carbocycles. The number of carbonyl (C=O) groups excluding carboxylic acids is 2. The van der Waals surface area contributed by atoms with Gasteiger partial charge in [-0.1, -0.05) is 6.58 Å². The number of unbranched alkanes of at least 4 members (excludes halogenated alkanes) is 2. The highest BCUT2D eigenvalue weighted by molar-refractivity contribution is 5.67. The van der Waals surface area contributed by atoms with E-state index in [0.29, 0.717) is 12.2 Å². The first kappa shape index (κ1) is 14.4. The van der Waals surface area contributed by atoms with Crippen LogP contribution in [0.2, 0.25) is 0 Å². The fourth-order valence-electron chi connectivity index (χ4n) is 1.05. The van der Waals surface area contributed by atoms with Crippen LogP contribution in [-0.4, -0.2) is 11.9 Å². The quantitative estimate of drug-likeness (QED) is 0.380. The van der Waals surface area contributed by atoms with Gasteiger partial charge in [-0.3, -0.25) is 9.59 Å². The van der Waals surface area contributed by atoms with Gasteiger partial charge in [0.1, 0.15) is 5.76 Å². The molecule has 0 aromatic heterocycles. The second-order valence-electron chi connectivity index (χ2n) is 3.36. The van der Waals surface area contributed by atoms with Crippen LogP contribution in [0.4, 0.5) is 0 Å². The molecule has 4 nitrogen and oxygen atoms in total. The van der Waals surface area contributed by atoms with E-state index < -0.39 is 0 Å². The van der Waals surface area contributed by atoms with Crippen LogP contribution in [0.25, 0.3) is 0 Å². The Balaban J connectivity index is 3.39. The number of allylic oxidation sites excluding steroid dienone is 2. The lowest BCUT2D eigenvalue weighted by Gasteiger charge is -2.03. The minimum Gasteiger partial charge on any atom is -0.435 e. The second kappa shape index (κ2) is 8.71. The molecular weight excluding hydrogens is 208 g/mol. The highest BCUT2D eigenvalue weighted by Crippen LogP contribution is 2.08. The van der Waals surface area contributed by atoms with Gasteiger partial charge in [0.15, 0.2) is 0 Å². The molecule has 90 valence electrons. The van der Waals surface area contributed by atoms with E-state index in [1.807, 2.05) is 0 Å². The SMILES string of the molecule is C=C(CCCC/C=C\OC(C)=O)OC(C)=O. The fraction of sp³-hybridized carbons (Fsp3) is 0.500. The van der Waals surface area contributed by atoms with Crippen LogP contribution in [0, 0.1) is 0 Å². The molecule has 0 aliphatic heterocycles. The average molecular weight is 226 g/mol. The van der Waals surface area contributed by atoms with Gasteiger partial charge in [-0.25, -0.2) is 0 Å². The van der Waals surface area contributed by atoms with Gasteiger partial charge in [0.25, 0.3) is 0 Å². The molecular formula is C12H18O4. The topological polar surface area (TPSA) is 52.6 Å². The van der Waals surface area contributed by atoms with Gasteiger partial charge in [0.2, 0.25) is 0 Å². The van der Waals surface area contributed by atoms with Crippen molar-refractivity contribution >= 4 is 11.9 Å². The summed E-state index contributed by atoms with van der Waals surface area (Å²) in [5, 5.41) is 0. The van der Waals surface area contributed by atoms with E-state index in [0.717, 1.165) is 19.3 Å². The molecule has 16 heavy (non-hydrogen) atoms. The Morgan fingerprint density at radius 2 is 1.88 bits per heavy atom. The first-order chi connectivity index (χ1) is 7.52. The molecule has 0 atom stereocenters. The summed E-state index contributed by atoms with van der Waals surface area (Å²) in [6.07, 6.45) is 6.48. The van der Waals surface area contributed by atoms with Crippen molar-refractivity contribution in [1.29, 1.82) is 0 Å². The number of carbonyl (C=O) groups is 2. The summed E-state index contributed by atoms with van der Waals surface area (Å²) >= 11 is 0. The highest BCUT2D eigenvalue weighted by atomic mass is 16.5. The minimum atomic E-state index is -0.334. The predicted octanol–water partition coefficient (Wildman–Crippen LogP) is 2.70. The summed E-state index contributed by atoms with van der Waals surface area (Å²) < 4.78 is 9.40. The maximum Gasteiger partial charge on any atom is 0.307 e. The van der Waals surface area contributed by atoms with Gasteiger partial charge in [-0.15, -0.1) is 0 Å². The van der Waals surface area contributed by atoms with Gasteiger partial charge >= 0.3 is 11.9 Å². The maximum absolute atomic E-state index is 10.5. The molecule has 0 amide bonds. The van der Waals surface area contributed by atoms with Crippen molar-refractivity contribution < 1.29 is 19.1 Å². The molecule has 0 aliphatic carbocycles. The van der Waals surface area contributed by atoms with Crippen LogP contribution >= 0.6 is 0 Å². The molecule has 0 fully saturated rings. The van der Waals surface area contributed by atoms with E-state index in [2.05, 4.69) is 11.3 Å². The standard InChI is InChI=1S/C12H18O4/c1-10(16-12(3)14)8-6-4-5-7-9-15-11(2)13/h7,9H,1,4-6,8H2,2-3H3/b9-7-. The first-order valence-corrected chi connectivity index (χ1v) is 5.21. The maximum atomic E-state index is 10.5. The van der Waals surface area contributed by atoms with Crippen LogP contribution in [-0.2, 0) is 19.1 Å². The monoisotopic (exact) mass is 226 g/mol. The summed E-state index contributed by atoms with van der Waals surface area (Å²) in [6, 6.07) is 0. The Morgan fingerprint density at radius 3 is 2.44 bits per heavy atom. The Kier molecular flexibility index (Phi) is 7.85. The van der Waals surface area contributed by atoms with Crippen molar-refractivity contribution in [1.82, 2.24) is 0 Å². The van der Waals surface area contributed by atoms with Crippen molar-refractivity contribution in [2.45, 2.75) is 39.5 Å². The molecule has 0 saturated carbocycles. The van der Waals surface area contributed by atoms with E-state index in [1.165, 1.54) is 20.1 Å². The molecule has 0 saturated heterocycles. The van der Waals surface area contributed by atoms with Gasteiger partial charge < -0.3 is 9.47 Å². The Morgan fingerprint density at radius 1 is 1.19 bits per heavy atom. The lowest BCUT2D eigenvalue weighted by atomic mass is 10.2. The normalized spacial score (nSPS) is 10.1. The van der Waals surface area contributed by atoms with Crippen LogP contribution in [0.15, 0.2) is 24.7 Å². The fourth-order valence-corrected chi connectivity index (χ4v) is 1.05. The summed E-state index contributed by atoms with van der Waals surface area (Å²) in [4.78, 5) is 20.9. The molecule has 0 aromatic rings. The lowest BCUT2D eigenvalue weighted by Crippen LogP contribution is -1.97. The zero-order valence-corrected chi connectivity index (χ0v) is 9.82. The second-order valence-corrected chi connectivity index (χ2v) is 3.36. The molecule has 0 N–H and O–H groups in total. The highest BCUT2D eigenvalue weighted by Gasteiger charge is 1.98. The minimum absolute atomic E-state index is 0.320. The van der Waals surface area contributed by atoms with E-state index in [4.69, 9.17) is 4.74 Å². The smallest absolute Gasteiger partial charge is 0.307 e. The number of esters is 2. The van der Waals surface area contributed by atoms with Crippen LogP contribution < -0.4 is 0 Å². The van der Waals surface area contributed by atoms with Gasteiger partial charge in [-0.05, 0) is 25.3 Å². The van der Waals surface area contributed by atoms with Crippen molar-refractivity contribution in [3.8, 4) is 0 Å². The summed E-state index contributed by atoms with van der Waals surface area (Å²) in [5.74, 6) is -0.157. The summed E-state index contributed by atoms with van der Waals surface area (Å²) in [7, 11) is 0. The van der Waals surface area contributed by atoms with Crippen LogP contribution in [0.5, 0.6) is 0 Å². The molecule has 0 rings (SSSR count).